The number of hydrogen-bond donors (Lipinski definition) is 0. The molecule has 78 valence electrons. The molecule has 1 aromatic rings. The second-order valence-corrected chi connectivity index (χ2v) is 4.43. The topological polar surface area (TPSA) is 38.2 Å². The molecule has 0 aliphatic carbocycles. The van der Waals surface area contributed by atoms with Crippen LogP contribution in [0.1, 0.15) is 13.8 Å². The van der Waals surface area contributed by atoms with Gasteiger partial charge in [0, 0.05) is 13.1 Å². The molecule has 2 rings (SSSR count). The number of morpholine rings is 1. The van der Waals surface area contributed by atoms with Crippen LogP contribution in [0.3, 0.4) is 0 Å². The van der Waals surface area contributed by atoms with E-state index in [0.29, 0.717) is 5.15 Å². The number of hydrogen-bond acceptors (Lipinski definition) is 5. The Bertz CT molecular complexity index is 309. The maximum absolute atomic E-state index is 5.92. The number of ether oxygens (including phenoxy) is 1. The van der Waals surface area contributed by atoms with Crippen molar-refractivity contribution in [1.82, 2.24) is 8.75 Å². The molecule has 14 heavy (non-hydrogen) atoms. The highest BCUT2D eigenvalue weighted by atomic mass is 35.5. The summed E-state index contributed by atoms with van der Waals surface area (Å²) in [6.07, 6.45) is 0.438. The van der Waals surface area contributed by atoms with Crippen LogP contribution in [0, 0.1) is 0 Å². The Hall–Kier alpha value is -0.390. The molecule has 0 spiro atoms. The average molecular weight is 234 g/mol. The zero-order valence-corrected chi connectivity index (χ0v) is 9.68. The molecule has 0 N–H and O–H groups in total. The highest BCUT2D eigenvalue weighted by molar-refractivity contribution is 6.99. The van der Waals surface area contributed by atoms with E-state index in [1.165, 1.54) is 0 Å². The maximum Gasteiger partial charge on any atom is 0.187 e. The largest absolute Gasteiger partial charge is 0.372 e. The first-order valence-corrected chi connectivity index (χ1v) is 5.66. The molecular formula is C8H12ClN3OS. The summed E-state index contributed by atoms with van der Waals surface area (Å²) in [6, 6.07) is 0. The molecule has 0 radical (unpaired) electrons. The van der Waals surface area contributed by atoms with Gasteiger partial charge in [-0.25, -0.2) is 0 Å². The van der Waals surface area contributed by atoms with Gasteiger partial charge in [-0.1, -0.05) is 11.6 Å². The summed E-state index contributed by atoms with van der Waals surface area (Å²) in [5, 5.41) is 0.497. The summed E-state index contributed by atoms with van der Waals surface area (Å²) in [5.74, 6) is 0.790. The highest BCUT2D eigenvalue weighted by Crippen LogP contribution is 2.25. The lowest BCUT2D eigenvalue weighted by molar-refractivity contribution is -0.00540. The summed E-state index contributed by atoms with van der Waals surface area (Å²) < 4.78 is 13.8. The fourth-order valence-corrected chi connectivity index (χ4v) is 2.49. The molecule has 2 heterocycles. The Labute approximate surface area is 92.2 Å². The minimum absolute atomic E-state index is 0.219. The van der Waals surface area contributed by atoms with E-state index in [9.17, 15) is 0 Å². The predicted octanol–water partition coefficient (Wildman–Crippen LogP) is 1.81. The first-order chi connectivity index (χ1) is 6.66. The van der Waals surface area contributed by atoms with Crippen LogP contribution in [0.25, 0.3) is 0 Å². The van der Waals surface area contributed by atoms with E-state index in [0.717, 1.165) is 30.6 Å². The van der Waals surface area contributed by atoms with Gasteiger partial charge in [0.05, 0.1) is 23.9 Å². The van der Waals surface area contributed by atoms with Gasteiger partial charge in [-0.05, 0) is 13.8 Å². The van der Waals surface area contributed by atoms with E-state index in [1.807, 2.05) is 0 Å². The minimum Gasteiger partial charge on any atom is -0.372 e. The van der Waals surface area contributed by atoms with Crippen LogP contribution < -0.4 is 4.90 Å². The molecule has 1 saturated heterocycles. The van der Waals surface area contributed by atoms with Gasteiger partial charge in [0.2, 0.25) is 0 Å². The third-order valence-corrected chi connectivity index (χ3v) is 3.02. The quantitative estimate of drug-likeness (QED) is 0.742. The van der Waals surface area contributed by atoms with Crippen molar-refractivity contribution in [3.8, 4) is 0 Å². The van der Waals surface area contributed by atoms with Crippen molar-refractivity contribution in [2.75, 3.05) is 18.0 Å². The Kier molecular flexibility index (Phi) is 2.90. The highest BCUT2D eigenvalue weighted by Gasteiger charge is 2.25. The smallest absolute Gasteiger partial charge is 0.187 e. The molecule has 0 amide bonds. The van der Waals surface area contributed by atoms with Crippen molar-refractivity contribution in [3.05, 3.63) is 5.15 Å². The van der Waals surface area contributed by atoms with E-state index < -0.39 is 0 Å². The molecule has 1 aliphatic rings. The van der Waals surface area contributed by atoms with Crippen LogP contribution in [0.15, 0.2) is 0 Å². The van der Waals surface area contributed by atoms with Crippen molar-refractivity contribution in [2.24, 2.45) is 0 Å². The van der Waals surface area contributed by atoms with Crippen LogP contribution in [0.4, 0.5) is 5.82 Å². The molecule has 1 aliphatic heterocycles. The average Bonchev–Trinajstić information content (AvgIpc) is 2.49. The molecule has 6 heteroatoms. The van der Waals surface area contributed by atoms with Crippen LogP contribution in [-0.4, -0.2) is 34.0 Å². The lowest BCUT2D eigenvalue weighted by Crippen LogP contribution is -2.45. The first-order valence-electron chi connectivity index (χ1n) is 4.55. The lowest BCUT2D eigenvalue weighted by atomic mass is 10.2. The van der Waals surface area contributed by atoms with Crippen molar-refractivity contribution in [2.45, 2.75) is 26.1 Å². The molecule has 2 unspecified atom stereocenters. The summed E-state index contributed by atoms with van der Waals surface area (Å²) in [4.78, 5) is 2.13. The van der Waals surface area contributed by atoms with Crippen LogP contribution in [-0.2, 0) is 4.74 Å². The van der Waals surface area contributed by atoms with E-state index >= 15 is 0 Å². The van der Waals surface area contributed by atoms with Crippen molar-refractivity contribution in [1.29, 1.82) is 0 Å². The minimum atomic E-state index is 0.219. The lowest BCUT2D eigenvalue weighted by Gasteiger charge is -2.35. The molecule has 4 nitrogen and oxygen atoms in total. The standard InChI is InChI=1S/C8H12ClN3OS/c1-5-3-12(4-6(2)13-5)8-7(9)10-14-11-8/h5-6H,3-4H2,1-2H3. The number of anilines is 1. The zero-order valence-electron chi connectivity index (χ0n) is 8.11. The molecule has 1 fully saturated rings. The van der Waals surface area contributed by atoms with Gasteiger partial charge < -0.3 is 9.64 Å². The summed E-state index contributed by atoms with van der Waals surface area (Å²) in [5.41, 5.74) is 0. The number of rotatable bonds is 1. The molecule has 2 atom stereocenters. The van der Waals surface area contributed by atoms with E-state index in [1.54, 1.807) is 0 Å². The maximum atomic E-state index is 5.92. The summed E-state index contributed by atoms with van der Waals surface area (Å²) >= 11 is 7.07. The summed E-state index contributed by atoms with van der Waals surface area (Å²) in [6.45, 7) is 5.76. The second-order valence-electron chi connectivity index (χ2n) is 3.54. The fourth-order valence-electron chi connectivity index (χ4n) is 1.71. The predicted molar refractivity (Wildman–Crippen MR) is 57.1 cm³/mol. The Balaban J connectivity index is 2.15. The van der Waals surface area contributed by atoms with Crippen molar-refractivity contribution < 1.29 is 4.74 Å². The molecule has 0 saturated carbocycles. The Morgan fingerprint density at radius 3 is 2.50 bits per heavy atom. The zero-order chi connectivity index (χ0) is 10.1. The number of nitrogens with zero attached hydrogens (tertiary/aromatic N) is 3. The van der Waals surface area contributed by atoms with Gasteiger partial charge in [0.1, 0.15) is 0 Å². The van der Waals surface area contributed by atoms with Gasteiger partial charge >= 0.3 is 0 Å². The van der Waals surface area contributed by atoms with Gasteiger partial charge in [-0.2, -0.15) is 8.75 Å². The second kappa shape index (κ2) is 4.00. The van der Waals surface area contributed by atoms with Crippen LogP contribution in [0.2, 0.25) is 5.15 Å². The summed E-state index contributed by atoms with van der Waals surface area (Å²) in [7, 11) is 0. The number of aromatic nitrogens is 2. The van der Waals surface area contributed by atoms with Crippen molar-refractivity contribution in [3.63, 3.8) is 0 Å². The van der Waals surface area contributed by atoms with Gasteiger partial charge in [0.15, 0.2) is 11.0 Å². The fraction of sp³-hybridized carbons (Fsp3) is 0.750. The third kappa shape index (κ3) is 1.99. The SMILES string of the molecule is CC1CN(c2nsnc2Cl)CC(C)O1. The van der Waals surface area contributed by atoms with Crippen LogP contribution >= 0.6 is 23.3 Å². The monoisotopic (exact) mass is 233 g/mol. The Morgan fingerprint density at radius 2 is 2.00 bits per heavy atom. The van der Waals surface area contributed by atoms with Crippen LogP contribution in [0.5, 0.6) is 0 Å². The Morgan fingerprint density at radius 1 is 1.36 bits per heavy atom. The van der Waals surface area contributed by atoms with Crippen molar-refractivity contribution >= 4 is 29.1 Å². The molecular weight excluding hydrogens is 222 g/mol. The molecule has 0 aromatic carbocycles. The first kappa shape index (κ1) is 10.1. The normalized spacial score (nSPS) is 28.1. The molecule has 1 aromatic heterocycles. The molecule has 0 bridgehead atoms. The van der Waals surface area contributed by atoms with E-state index in [-0.39, 0.29) is 12.2 Å². The van der Waals surface area contributed by atoms with E-state index in [4.69, 9.17) is 16.3 Å². The van der Waals surface area contributed by atoms with Gasteiger partial charge in [-0.15, -0.1) is 0 Å². The van der Waals surface area contributed by atoms with Gasteiger partial charge in [-0.3, -0.25) is 0 Å². The van der Waals surface area contributed by atoms with E-state index in [2.05, 4.69) is 27.5 Å². The number of halogens is 1. The van der Waals surface area contributed by atoms with Gasteiger partial charge in [0.25, 0.3) is 0 Å². The third-order valence-electron chi connectivity index (χ3n) is 2.15.